The molecule has 0 N–H and O–H groups in total. The average molecular weight is 680 g/mol. The fourth-order valence-electron chi connectivity index (χ4n) is 11.6. The number of benzene rings is 6. The molecule has 0 spiro atoms. The summed E-state index contributed by atoms with van der Waals surface area (Å²) in [5.74, 6) is 2.87. The van der Waals surface area contributed by atoms with Gasteiger partial charge in [-0.1, -0.05) is 104 Å². The van der Waals surface area contributed by atoms with Crippen molar-refractivity contribution in [3.8, 4) is 39.1 Å². The van der Waals surface area contributed by atoms with Gasteiger partial charge in [0.1, 0.15) is 0 Å². The summed E-state index contributed by atoms with van der Waals surface area (Å²) in [6.07, 6.45) is 8.72. The van der Waals surface area contributed by atoms with Crippen molar-refractivity contribution in [1.82, 2.24) is 4.57 Å². The maximum atomic E-state index is 6.65. The molecule has 0 aliphatic heterocycles. The standard InChI is InChI=1S/C49H42ClN/c1-48(2)44-24-36(10-16-40(44)41-17-12-37(25-45(41)48)49-27-30-20-31(28-49)22-32(21-30)29-49)35-11-18-46-42(23-35)43-26-38(50)13-19-47(43)51(46)39-14-8-34(9-15-39)33-6-4-3-5-7-33/h3-19,23-26,30-32H,20-22,27-29H2,1-2H3. The molecule has 1 nitrogen and oxygen atoms in total. The van der Waals surface area contributed by atoms with Gasteiger partial charge in [0.15, 0.2) is 0 Å². The summed E-state index contributed by atoms with van der Waals surface area (Å²) in [5.41, 5.74) is 16.3. The van der Waals surface area contributed by atoms with E-state index >= 15 is 0 Å². The minimum atomic E-state index is -0.0431. The Morgan fingerprint density at radius 2 is 1.08 bits per heavy atom. The Morgan fingerprint density at radius 3 is 1.78 bits per heavy atom. The Balaban J connectivity index is 0.983. The van der Waals surface area contributed by atoms with Crippen molar-refractivity contribution in [2.45, 2.75) is 63.2 Å². The van der Waals surface area contributed by atoms with Crippen LogP contribution in [-0.4, -0.2) is 4.57 Å². The zero-order valence-electron chi connectivity index (χ0n) is 29.4. The third-order valence-electron chi connectivity index (χ3n) is 13.6. The Hall–Kier alpha value is -4.59. The molecule has 0 atom stereocenters. The smallest absolute Gasteiger partial charge is 0.0542 e. The highest BCUT2D eigenvalue weighted by molar-refractivity contribution is 6.32. The second-order valence-corrected chi connectivity index (χ2v) is 17.4. The zero-order chi connectivity index (χ0) is 34.1. The second-order valence-electron chi connectivity index (χ2n) is 17.0. The van der Waals surface area contributed by atoms with E-state index in [-0.39, 0.29) is 5.41 Å². The molecule has 4 bridgehead atoms. The summed E-state index contributed by atoms with van der Waals surface area (Å²) in [4.78, 5) is 0. The average Bonchev–Trinajstić information content (AvgIpc) is 3.58. The van der Waals surface area contributed by atoms with E-state index in [0.717, 1.165) is 28.5 Å². The number of aromatic nitrogens is 1. The number of hydrogen-bond acceptors (Lipinski definition) is 0. The largest absolute Gasteiger partial charge is 0.309 e. The highest BCUT2D eigenvalue weighted by Gasteiger charge is 2.52. The lowest BCUT2D eigenvalue weighted by atomic mass is 9.48. The topological polar surface area (TPSA) is 4.93 Å². The number of rotatable bonds is 4. The Kier molecular flexibility index (Phi) is 6.32. The van der Waals surface area contributed by atoms with Crippen LogP contribution in [0.25, 0.3) is 60.9 Å². The van der Waals surface area contributed by atoms with Gasteiger partial charge in [-0.2, -0.15) is 0 Å². The molecule has 6 aromatic carbocycles. The summed E-state index contributed by atoms with van der Waals surface area (Å²) < 4.78 is 2.38. The summed E-state index contributed by atoms with van der Waals surface area (Å²) in [5, 5.41) is 3.16. The first-order valence-corrected chi connectivity index (χ1v) is 19.4. The van der Waals surface area contributed by atoms with Gasteiger partial charge in [0, 0.05) is 26.9 Å². The van der Waals surface area contributed by atoms with Gasteiger partial charge >= 0.3 is 0 Å². The normalized spacial score (nSPS) is 23.9. The molecule has 250 valence electrons. The highest BCUT2D eigenvalue weighted by Crippen LogP contribution is 2.62. The van der Waals surface area contributed by atoms with Gasteiger partial charge in [-0.3, -0.25) is 0 Å². The van der Waals surface area contributed by atoms with Crippen LogP contribution < -0.4 is 0 Å². The van der Waals surface area contributed by atoms with E-state index in [1.54, 1.807) is 5.56 Å². The first-order chi connectivity index (χ1) is 24.8. The molecular formula is C49H42ClN. The molecule has 7 aromatic rings. The van der Waals surface area contributed by atoms with E-state index in [9.17, 15) is 0 Å². The van der Waals surface area contributed by atoms with Gasteiger partial charge in [0.2, 0.25) is 0 Å². The molecule has 51 heavy (non-hydrogen) atoms. The van der Waals surface area contributed by atoms with Gasteiger partial charge in [-0.15, -0.1) is 0 Å². The van der Waals surface area contributed by atoms with Crippen LogP contribution in [0.4, 0.5) is 0 Å². The monoisotopic (exact) mass is 679 g/mol. The maximum absolute atomic E-state index is 6.65. The van der Waals surface area contributed by atoms with E-state index in [0.29, 0.717) is 5.41 Å². The molecule has 4 fully saturated rings. The third-order valence-corrected chi connectivity index (χ3v) is 13.9. The molecule has 0 amide bonds. The molecular weight excluding hydrogens is 638 g/mol. The Labute approximate surface area is 305 Å². The van der Waals surface area contributed by atoms with E-state index in [4.69, 9.17) is 11.6 Å². The molecule has 4 saturated carbocycles. The molecule has 1 aromatic heterocycles. The summed E-state index contributed by atoms with van der Waals surface area (Å²) >= 11 is 6.65. The zero-order valence-corrected chi connectivity index (χ0v) is 30.2. The minimum absolute atomic E-state index is 0.0431. The third kappa shape index (κ3) is 4.47. The predicted octanol–water partition coefficient (Wildman–Crippen LogP) is 13.5. The molecule has 12 rings (SSSR count). The van der Waals surface area contributed by atoms with Gasteiger partial charge in [-0.05, 0) is 160 Å². The fraction of sp³-hybridized carbons (Fsp3) is 0.265. The van der Waals surface area contributed by atoms with Crippen LogP contribution >= 0.6 is 11.6 Å². The van der Waals surface area contributed by atoms with Crippen LogP contribution in [0.5, 0.6) is 0 Å². The number of nitrogens with zero attached hydrogens (tertiary/aromatic N) is 1. The van der Waals surface area contributed by atoms with Crippen molar-refractivity contribution in [3.63, 3.8) is 0 Å². The molecule has 5 aliphatic carbocycles. The first kappa shape index (κ1) is 30.1. The van der Waals surface area contributed by atoms with E-state index in [1.165, 1.54) is 105 Å². The summed E-state index contributed by atoms with van der Waals surface area (Å²) in [6.45, 7) is 4.90. The lowest BCUT2D eigenvalue weighted by molar-refractivity contribution is -0.00522. The molecule has 0 unspecified atom stereocenters. The van der Waals surface area contributed by atoms with Crippen molar-refractivity contribution in [2.75, 3.05) is 0 Å². The van der Waals surface area contributed by atoms with Crippen molar-refractivity contribution < 1.29 is 0 Å². The molecule has 5 aliphatic rings. The number of hydrogen-bond donors (Lipinski definition) is 0. The Morgan fingerprint density at radius 1 is 0.529 bits per heavy atom. The second kappa shape index (κ2) is 10.7. The van der Waals surface area contributed by atoms with Crippen LogP contribution in [0.2, 0.25) is 5.02 Å². The van der Waals surface area contributed by atoms with Crippen molar-refractivity contribution in [3.05, 3.63) is 149 Å². The minimum Gasteiger partial charge on any atom is -0.309 e. The predicted molar refractivity (Wildman–Crippen MR) is 214 cm³/mol. The molecule has 0 saturated heterocycles. The van der Waals surface area contributed by atoms with E-state index in [2.05, 4.69) is 140 Å². The SMILES string of the molecule is CC1(C)c2cc(-c3ccc4c(c3)c3cc(Cl)ccc3n4-c3ccc(-c4ccccc4)cc3)ccc2-c2ccc(C34CC5CC(CC(C5)C3)C4)cc21. The molecule has 2 heteroatoms. The number of halogens is 1. The van der Waals surface area contributed by atoms with Crippen LogP contribution in [0.15, 0.2) is 127 Å². The lowest BCUT2D eigenvalue weighted by Crippen LogP contribution is -2.48. The van der Waals surface area contributed by atoms with Crippen LogP contribution in [0.3, 0.4) is 0 Å². The molecule has 1 heterocycles. The van der Waals surface area contributed by atoms with Crippen LogP contribution in [-0.2, 0) is 10.8 Å². The van der Waals surface area contributed by atoms with Gasteiger partial charge < -0.3 is 4.57 Å². The van der Waals surface area contributed by atoms with E-state index < -0.39 is 0 Å². The van der Waals surface area contributed by atoms with Crippen molar-refractivity contribution >= 4 is 33.4 Å². The molecule has 0 radical (unpaired) electrons. The van der Waals surface area contributed by atoms with Crippen molar-refractivity contribution in [1.29, 1.82) is 0 Å². The van der Waals surface area contributed by atoms with Gasteiger partial charge in [0.25, 0.3) is 0 Å². The van der Waals surface area contributed by atoms with E-state index in [1.807, 2.05) is 6.07 Å². The van der Waals surface area contributed by atoms with Crippen LogP contribution in [0.1, 0.15) is 69.1 Å². The maximum Gasteiger partial charge on any atom is 0.0542 e. The summed E-state index contributed by atoms with van der Waals surface area (Å²) in [6, 6.07) is 47.7. The fourth-order valence-corrected chi connectivity index (χ4v) is 11.8. The Bertz CT molecular complexity index is 2500. The highest BCUT2D eigenvalue weighted by atomic mass is 35.5. The van der Waals surface area contributed by atoms with Gasteiger partial charge in [0.05, 0.1) is 11.0 Å². The van der Waals surface area contributed by atoms with Crippen LogP contribution in [0, 0.1) is 17.8 Å². The summed E-state index contributed by atoms with van der Waals surface area (Å²) in [7, 11) is 0. The van der Waals surface area contributed by atoms with Crippen molar-refractivity contribution in [2.24, 2.45) is 17.8 Å². The first-order valence-electron chi connectivity index (χ1n) is 19.0. The van der Waals surface area contributed by atoms with Gasteiger partial charge in [-0.25, -0.2) is 0 Å². The number of fused-ring (bicyclic) bond motifs is 6. The quantitative estimate of drug-likeness (QED) is 0.174. The lowest BCUT2D eigenvalue weighted by Gasteiger charge is -2.57.